The molecular formula is C26H19N2O3Pt-. The predicted molar refractivity (Wildman–Crippen MR) is 118 cm³/mol. The molecule has 32 heavy (non-hydrogen) atoms. The van der Waals surface area contributed by atoms with Crippen LogP contribution in [0.2, 0.25) is 0 Å². The van der Waals surface area contributed by atoms with Gasteiger partial charge in [0.1, 0.15) is 29.3 Å². The minimum absolute atomic E-state index is 0. The number of aliphatic imine (C=N–C) groups is 1. The van der Waals surface area contributed by atoms with Crippen LogP contribution < -0.4 is 4.74 Å². The number of pyridine rings is 1. The first kappa shape index (κ1) is 20.7. The van der Waals surface area contributed by atoms with Gasteiger partial charge in [0.15, 0.2) is 0 Å². The van der Waals surface area contributed by atoms with Crippen LogP contribution in [-0.2, 0) is 32.2 Å². The van der Waals surface area contributed by atoms with Gasteiger partial charge in [0.25, 0.3) is 0 Å². The second-order valence-corrected chi connectivity index (χ2v) is 7.80. The number of fused-ring (bicyclic) bond motifs is 4. The van der Waals surface area contributed by atoms with Gasteiger partial charge in [-0.2, -0.15) is 0 Å². The number of benzene rings is 3. The summed E-state index contributed by atoms with van der Waals surface area (Å²) in [6.45, 7) is 0. The second-order valence-electron chi connectivity index (χ2n) is 7.80. The van der Waals surface area contributed by atoms with Gasteiger partial charge in [0, 0.05) is 38.3 Å². The van der Waals surface area contributed by atoms with Gasteiger partial charge in [0.05, 0.1) is 0 Å². The smallest absolute Gasteiger partial charge is 0.217 e. The van der Waals surface area contributed by atoms with E-state index in [1.807, 2.05) is 30.3 Å². The molecule has 1 N–H and O–H groups in total. The second kappa shape index (κ2) is 8.40. The fourth-order valence-corrected chi connectivity index (χ4v) is 4.33. The van der Waals surface area contributed by atoms with Crippen molar-refractivity contribution in [1.29, 1.82) is 0 Å². The van der Waals surface area contributed by atoms with Crippen molar-refractivity contribution >= 4 is 16.8 Å². The molecule has 0 saturated heterocycles. The summed E-state index contributed by atoms with van der Waals surface area (Å²) >= 11 is 0. The zero-order chi connectivity index (χ0) is 20.8. The Morgan fingerprint density at radius 1 is 0.969 bits per heavy atom. The average Bonchev–Trinajstić information content (AvgIpc) is 3.25. The minimum atomic E-state index is 0. The van der Waals surface area contributed by atoms with E-state index in [0.29, 0.717) is 23.0 Å². The number of para-hydroxylation sites is 1. The number of rotatable bonds is 3. The Bertz CT molecular complexity index is 1340. The van der Waals surface area contributed by atoms with Crippen LogP contribution >= 0.6 is 0 Å². The molecule has 1 aromatic heterocycles. The molecule has 1 unspecified atom stereocenters. The number of hydrogen-bond donors (Lipinski definition) is 1. The Labute approximate surface area is 200 Å². The van der Waals surface area contributed by atoms with Crippen LogP contribution in [0.3, 0.4) is 0 Å². The van der Waals surface area contributed by atoms with Gasteiger partial charge in [-0.05, 0) is 36.1 Å². The average molecular weight is 603 g/mol. The third-order valence-electron chi connectivity index (χ3n) is 5.83. The standard InChI is InChI=1S/C26H19N2O3.Pt/c29-21-10-4-6-17-12-14-23(27-24(17)21)30-19-8-3-7-18(15-19)26-28-25-20-9-2-1-5-16(20)11-13-22(25)31-26;/h1-10,12,14,22,25,29H,11,13H2;/q-1;/t22?,25-;/m0./s1. The Morgan fingerprint density at radius 2 is 1.84 bits per heavy atom. The molecule has 3 aromatic carbocycles. The van der Waals surface area contributed by atoms with Crippen molar-refractivity contribution in [3.63, 3.8) is 0 Å². The first-order chi connectivity index (χ1) is 15.2. The molecule has 4 aromatic rings. The number of nitrogens with zero attached hydrogens (tertiary/aromatic N) is 2. The number of aryl methyl sites for hydroxylation is 1. The van der Waals surface area contributed by atoms with E-state index in [-0.39, 0.29) is 39.0 Å². The summed E-state index contributed by atoms with van der Waals surface area (Å²) in [7, 11) is 0. The van der Waals surface area contributed by atoms with Crippen LogP contribution in [0.4, 0.5) is 0 Å². The van der Waals surface area contributed by atoms with E-state index >= 15 is 0 Å². The number of phenolic OH excluding ortho intramolecular Hbond substituents is 1. The van der Waals surface area contributed by atoms with Crippen molar-refractivity contribution in [3.8, 4) is 17.4 Å². The molecule has 0 amide bonds. The van der Waals surface area contributed by atoms with Gasteiger partial charge < -0.3 is 14.6 Å². The monoisotopic (exact) mass is 602 g/mol. The van der Waals surface area contributed by atoms with Gasteiger partial charge in [-0.25, -0.2) is 4.98 Å². The quantitative estimate of drug-likeness (QED) is 0.321. The zero-order valence-electron chi connectivity index (χ0n) is 17.0. The number of aromatic hydroxyl groups is 1. The Kier molecular flexibility index (Phi) is 5.44. The largest absolute Gasteiger partial charge is 0.514 e. The van der Waals surface area contributed by atoms with E-state index in [1.54, 1.807) is 18.2 Å². The molecule has 6 rings (SSSR count). The third kappa shape index (κ3) is 3.67. The van der Waals surface area contributed by atoms with Gasteiger partial charge in [-0.15, -0.1) is 18.2 Å². The van der Waals surface area contributed by atoms with E-state index in [0.717, 1.165) is 23.8 Å². The molecule has 1 aliphatic carbocycles. The Balaban J connectivity index is 0.00000216. The van der Waals surface area contributed by atoms with Crippen molar-refractivity contribution < 1.29 is 35.6 Å². The first-order valence-corrected chi connectivity index (χ1v) is 10.4. The van der Waals surface area contributed by atoms with E-state index in [1.165, 1.54) is 11.1 Å². The van der Waals surface area contributed by atoms with Gasteiger partial charge in [0.2, 0.25) is 5.88 Å². The molecule has 162 valence electrons. The van der Waals surface area contributed by atoms with Crippen LogP contribution in [-0.4, -0.2) is 22.1 Å². The van der Waals surface area contributed by atoms with E-state index in [4.69, 9.17) is 14.5 Å². The fraction of sp³-hybridized carbons (Fsp3) is 0.154. The van der Waals surface area contributed by atoms with Crippen LogP contribution in [0.5, 0.6) is 17.4 Å². The summed E-state index contributed by atoms with van der Waals surface area (Å²) < 4.78 is 12.1. The molecule has 2 aliphatic rings. The number of ether oxygens (including phenoxy) is 2. The molecule has 6 heteroatoms. The van der Waals surface area contributed by atoms with Crippen LogP contribution in [0.15, 0.2) is 77.8 Å². The SMILES string of the molecule is Oc1cccc2ccc(Oc3[c-]c(C4=N[C@H]5c6ccccc6CCC5O4)ccc3)nc12.[Pt]. The van der Waals surface area contributed by atoms with Crippen molar-refractivity contribution in [2.24, 2.45) is 4.99 Å². The summed E-state index contributed by atoms with van der Waals surface area (Å²) in [5.41, 5.74) is 3.86. The maximum atomic E-state index is 10.1. The summed E-state index contributed by atoms with van der Waals surface area (Å²) in [6.07, 6.45) is 2.02. The number of phenols is 1. The van der Waals surface area contributed by atoms with Crippen molar-refractivity contribution in [1.82, 2.24) is 4.98 Å². The van der Waals surface area contributed by atoms with E-state index in [9.17, 15) is 5.11 Å². The van der Waals surface area contributed by atoms with Gasteiger partial charge in [-0.3, -0.25) is 4.99 Å². The van der Waals surface area contributed by atoms with Crippen molar-refractivity contribution in [2.45, 2.75) is 25.0 Å². The molecule has 0 spiro atoms. The summed E-state index contributed by atoms with van der Waals surface area (Å²) in [5.74, 6) is 1.62. The summed E-state index contributed by atoms with van der Waals surface area (Å²) in [6, 6.07) is 26.3. The molecule has 0 bridgehead atoms. The van der Waals surface area contributed by atoms with Gasteiger partial charge >= 0.3 is 0 Å². The van der Waals surface area contributed by atoms with Gasteiger partial charge in [-0.1, -0.05) is 48.0 Å². The molecule has 0 radical (unpaired) electrons. The maximum absolute atomic E-state index is 10.1. The Hall–Kier alpha value is -3.17. The topological polar surface area (TPSA) is 63.9 Å². The summed E-state index contributed by atoms with van der Waals surface area (Å²) in [5, 5.41) is 10.9. The minimum Gasteiger partial charge on any atom is -0.514 e. The van der Waals surface area contributed by atoms with E-state index < -0.39 is 0 Å². The zero-order valence-corrected chi connectivity index (χ0v) is 19.2. The van der Waals surface area contributed by atoms with Crippen LogP contribution in [0, 0.1) is 6.07 Å². The predicted octanol–water partition coefficient (Wildman–Crippen LogP) is 5.36. The molecule has 1 aliphatic heterocycles. The van der Waals surface area contributed by atoms with Crippen LogP contribution in [0.1, 0.15) is 29.2 Å². The maximum Gasteiger partial charge on any atom is 0.217 e. The normalized spacial score (nSPS) is 18.7. The molecule has 0 fully saturated rings. The van der Waals surface area contributed by atoms with Crippen LogP contribution in [0.25, 0.3) is 10.9 Å². The molecular weight excluding hydrogens is 583 g/mol. The number of aromatic nitrogens is 1. The summed E-state index contributed by atoms with van der Waals surface area (Å²) in [4.78, 5) is 9.31. The molecule has 2 atom stereocenters. The number of hydrogen-bond acceptors (Lipinski definition) is 5. The third-order valence-corrected chi connectivity index (χ3v) is 5.83. The fourth-order valence-electron chi connectivity index (χ4n) is 4.33. The Morgan fingerprint density at radius 3 is 2.78 bits per heavy atom. The van der Waals surface area contributed by atoms with E-state index in [2.05, 4.69) is 35.3 Å². The van der Waals surface area contributed by atoms with Crippen molar-refractivity contribution in [2.75, 3.05) is 0 Å². The first-order valence-electron chi connectivity index (χ1n) is 10.4. The van der Waals surface area contributed by atoms with Crippen molar-refractivity contribution in [3.05, 3.63) is 95.6 Å². The molecule has 5 nitrogen and oxygen atoms in total. The molecule has 2 heterocycles. The molecule has 0 saturated carbocycles.